The maximum Gasteiger partial charge on any atom is 2.00 e. The molecular weight excluding hydrogens is 370 g/mol. The molecule has 0 radical (unpaired) electrons. The average Bonchev–Trinajstić information content (AvgIpc) is 2.53. The van der Waals surface area contributed by atoms with Gasteiger partial charge < -0.3 is 19.8 Å². The fourth-order valence-electron chi connectivity index (χ4n) is 1.84. The van der Waals surface area contributed by atoms with E-state index in [0.29, 0.717) is 12.8 Å². The predicted molar refractivity (Wildman–Crippen MR) is 95.0 cm³/mol. The second-order valence-electron chi connectivity index (χ2n) is 5.76. The van der Waals surface area contributed by atoms with Gasteiger partial charge in [-0.25, -0.2) is 0 Å². The van der Waals surface area contributed by atoms with Crippen molar-refractivity contribution in [3.8, 4) is 0 Å². The van der Waals surface area contributed by atoms with Crippen LogP contribution in [-0.2, 0) is 29.1 Å². The Balaban J connectivity index is -0.000000372. The van der Waals surface area contributed by atoms with Gasteiger partial charge in [0.05, 0.1) is 0 Å². The van der Waals surface area contributed by atoms with Crippen LogP contribution in [0.4, 0.5) is 0 Å². The summed E-state index contributed by atoms with van der Waals surface area (Å²) >= 11 is 0. The van der Waals surface area contributed by atoms with Crippen LogP contribution in [-0.4, -0.2) is 11.9 Å². The van der Waals surface area contributed by atoms with Crippen LogP contribution in [0.1, 0.15) is 90.9 Å². The summed E-state index contributed by atoms with van der Waals surface area (Å²) in [4.78, 5) is 20.0. The first kappa shape index (κ1) is 28.8. The smallest absolute Gasteiger partial charge is 0.550 e. The number of carboxylic acids is 2. The van der Waals surface area contributed by atoms with E-state index in [9.17, 15) is 19.8 Å². The Hall–Kier alpha value is -0.957. The average molecular weight is 404 g/mol. The summed E-state index contributed by atoms with van der Waals surface area (Å²) in [5, 5.41) is 20.0. The third-order valence-corrected chi connectivity index (χ3v) is 3.29. The summed E-state index contributed by atoms with van der Waals surface area (Å²) in [5.41, 5.74) is 0. The van der Waals surface area contributed by atoms with Crippen LogP contribution in [0.2, 0.25) is 0 Å². The molecule has 4 nitrogen and oxygen atoms in total. The van der Waals surface area contributed by atoms with E-state index in [-0.39, 0.29) is 32.3 Å². The van der Waals surface area contributed by atoms with E-state index in [2.05, 4.69) is 38.2 Å². The molecule has 0 aliphatic heterocycles. The van der Waals surface area contributed by atoms with E-state index in [1.54, 1.807) is 0 Å². The quantitative estimate of drug-likeness (QED) is 0.253. The van der Waals surface area contributed by atoms with Crippen LogP contribution < -0.4 is 10.2 Å². The van der Waals surface area contributed by atoms with Crippen molar-refractivity contribution in [2.24, 2.45) is 0 Å². The van der Waals surface area contributed by atoms with E-state index >= 15 is 0 Å². The van der Waals surface area contributed by atoms with E-state index in [1.165, 1.54) is 25.7 Å². The molecule has 0 aromatic rings. The van der Waals surface area contributed by atoms with E-state index in [1.807, 2.05) is 0 Å². The monoisotopic (exact) mass is 402 g/mol. The Bertz CT molecular complexity index is 318. The summed E-state index contributed by atoms with van der Waals surface area (Å²) < 4.78 is 0. The van der Waals surface area contributed by atoms with E-state index < -0.39 is 11.9 Å². The molecule has 0 spiro atoms. The summed E-state index contributed by atoms with van der Waals surface area (Å²) in [6.07, 6.45) is 18.9. The Morgan fingerprint density at radius 2 is 0.920 bits per heavy atom. The van der Waals surface area contributed by atoms with Gasteiger partial charge in [0.1, 0.15) is 0 Å². The minimum atomic E-state index is -0.947. The van der Waals surface area contributed by atoms with Crippen molar-refractivity contribution in [1.82, 2.24) is 0 Å². The third-order valence-electron chi connectivity index (χ3n) is 3.29. The second kappa shape index (κ2) is 25.3. The molecule has 140 valence electrons. The molecule has 0 saturated carbocycles. The molecule has 0 amide bonds. The first-order chi connectivity index (χ1) is 11.5. The van der Waals surface area contributed by atoms with Gasteiger partial charge >= 0.3 is 19.5 Å². The zero-order chi connectivity index (χ0) is 18.5. The zero-order valence-corrected chi connectivity index (χ0v) is 19.1. The third kappa shape index (κ3) is 35.1. The number of unbranched alkanes of at least 4 members (excludes halogenated alkanes) is 6. The summed E-state index contributed by atoms with van der Waals surface area (Å²) in [5.74, 6) is -1.89. The molecule has 25 heavy (non-hydrogen) atoms. The van der Waals surface area contributed by atoms with Gasteiger partial charge in [-0.2, -0.15) is 0 Å². The number of aliphatic carboxylic acids is 2. The normalized spacial score (nSPS) is 10.3. The van der Waals surface area contributed by atoms with Crippen molar-refractivity contribution >= 4 is 11.9 Å². The maximum atomic E-state index is 10.00. The molecule has 0 N–H and O–H groups in total. The van der Waals surface area contributed by atoms with Gasteiger partial charge in [0.2, 0.25) is 0 Å². The molecule has 0 aromatic carbocycles. The largest absolute Gasteiger partial charge is 2.00 e. The summed E-state index contributed by atoms with van der Waals surface area (Å²) in [6.45, 7) is 4.31. The fourth-order valence-corrected chi connectivity index (χ4v) is 1.84. The number of carbonyl (C=O) groups is 2. The van der Waals surface area contributed by atoms with E-state index in [4.69, 9.17) is 0 Å². The summed E-state index contributed by atoms with van der Waals surface area (Å²) in [6, 6.07) is 0. The number of carbonyl (C=O) groups excluding carboxylic acids is 2. The van der Waals surface area contributed by atoms with Crippen LogP contribution in [0.25, 0.3) is 0 Å². The van der Waals surface area contributed by atoms with Gasteiger partial charge in [-0.15, -0.1) is 0 Å². The zero-order valence-electron chi connectivity index (χ0n) is 16.1. The first-order valence-corrected chi connectivity index (χ1v) is 9.24. The van der Waals surface area contributed by atoms with Crippen molar-refractivity contribution in [1.29, 1.82) is 0 Å². The molecule has 5 heteroatoms. The second-order valence-corrected chi connectivity index (χ2v) is 5.76. The van der Waals surface area contributed by atoms with Gasteiger partial charge in [-0.3, -0.25) is 0 Å². The topological polar surface area (TPSA) is 80.3 Å². The SMILES string of the molecule is CCCCC=CCCCC(=O)[O-].CCCCC=CCCCC(=O)[O-].[Zn+2]. The van der Waals surface area contributed by atoms with Crippen LogP contribution >= 0.6 is 0 Å². The molecule has 0 unspecified atom stereocenters. The minimum absolute atomic E-state index is 0. The van der Waals surface area contributed by atoms with Gasteiger partial charge in [-0.05, 0) is 51.4 Å². The van der Waals surface area contributed by atoms with Crippen LogP contribution in [0, 0.1) is 0 Å². The Kier molecular flexibility index (Phi) is 29.2. The van der Waals surface area contributed by atoms with Crippen molar-refractivity contribution < 1.29 is 39.3 Å². The Labute approximate surface area is 166 Å². The van der Waals surface area contributed by atoms with Crippen LogP contribution in [0.5, 0.6) is 0 Å². The molecule has 0 aliphatic carbocycles. The number of hydrogen-bond acceptors (Lipinski definition) is 4. The van der Waals surface area contributed by atoms with Gasteiger partial charge in [0.25, 0.3) is 0 Å². The van der Waals surface area contributed by atoms with Crippen molar-refractivity contribution in [2.45, 2.75) is 90.9 Å². The molecule has 0 fully saturated rings. The molecule has 0 rings (SSSR count). The van der Waals surface area contributed by atoms with Crippen LogP contribution in [0.3, 0.4) is 0 Å². The molecule has 0 atom stereocenters. The Morgan fingerprint density at radius 3 is 1.16 bits per heavy atom. The molecule has 0 saturated heterocycles. The van der Waals surface area contributed by atoms with E-state index in [0.717, 1.165) is 25.7 Å². The standard InChI is InChI=1S/2C10H18O2.Zn/c2*1-2-3-4-5-6-7-8-9-10(11)12;/h2*5-6H,2-4,7-9H2,1H3,(H,11,12);/q;;+2/p-2. The number of hydrogen-bond donors (Lipinski definition) is 0. The van der Waals surface area contributed by atoms with Gasteiger partial charge in [0.15, 0.2) is 0 Å². The number of allylic oxidation sites excluding steroid dienone is 4. The molecule has 0 aliphatic rings. The molecular formula is C20H34O4Zn. The molecule has 0 bridgehead atoms. The number of rotatable bonds is 14. The minimum Gasteiger partial charge on any atom is -0.550 e. The van der Waals surface area contributed by atoms with Crippen LogP contribution in [0.15, 0.2) is 24.3 Å². The van der Waals surface area contributed by atoms with Gasteiger partial charge in [0, 0.05) is 11.9 Å². The first-order valence-electron chi connectivity index (χ1n) is 9.24. The molecule has 0 heterocycles. The molecule has 0 aromatic heterocycles. The van der Waals surface area contributed by atoms with Gasteiger partial charge in [-0.1, -0.05) is 63.8 Å². The maximum absolute atomic E-state index is 10.00. The predicted octanol–water partition coefficient (Wildman–Crippen LogP) is 3.30. The fraction of sp³-hybridized carbons (Fsp3) is 0.700. The number of carboxylic acid groups (broad SMARTS) is 2. The Morgan fingerprint density at radius 1 is 0.640 bits per heavy atom. The van der Waals surface area contributed by atoms with Crippen molar-refractivity contribution in [3.63, 3.8) is 0 Å². The van der Waals surface area contributed by atoms with Crippen molar-refractivity contribution in [2.75, 3.05) is 0 Å². The van der Waals surface area contributed by atoms with Crippen molar-refractivity contribution in [3.05, 3.63) is 24.3 Å². The summed E-state index contributed by atoms with van der Waals surface area (Å²) in [7, 11) is 0.